The van der Waals surface area contributed by atoms with Crippen LogP contribution in [0.25, 0.3) is 0 Å². The molecule has 0 radical (unpaired) electrons. The maximum Gasteiger partial charge on any atom is 0.417 e. The molecule has 2 aromatic carbocycles. The Kier molecular flexibility index (Phi) is 7.06. The van der Waals surface area contributed by atoms with Gasteiger partial charge in [0, 0.05) is 0 Å². The predicted octanol–water partition coefficient (Wildman–Crippen LogP) is 5.53. The molecular formula is C19H11ClF6N2O2. The van der Waals surface area contributed by atoms with Crippen molar-refractivity contribution in [1.82, 2.24) is 0 Å². The number of benzene rings is 2. The highest BCUT2D eigenvalue weighted by Crippen LogP contribution is 2.35. The van der Waals surface area contributed by atoms with Crippen LogP contribution in [-0.2, 0) is 12.4 Å². The van der Waals surface area contributed by atoms with Crippen LogP contribution in [0.4, 0.5) is 26.3 Å². The Bertz CT molecular complexity index is 913. The quantitative estimate of drug-likeness (QED) is 0.430. The molecule has 0 fully saturated rings. The molecule has 0 aliphatic rings. The molecule has 0 aromatic heterocycles. The fourth-order valence-corrected chi connectivity index (χ4v) is 2.44. The molecule has 0 bridgehead atoms. The van der Waals surface area contributed by atoms with Gasteiger partial charge in [0.1, 0.15) is 30.1 Å². The molecule has 2 aromatic rings. The van der Waals surface area contributed by atoms with Crippen molar-refractivity contribution in [3.05, 3.63) is 58.7 Å². The minimum absolute atomic E-state index is 0.190. The smallest absolute Gasteiger partial charge is 0.417 e. The summed E-state index contributed by atoms with van der Waals surface area (Å²) in [6.45, 7) is -0.625. The zero-order chi connectivity index (χ0) is 22.5. The zero-order valence-electron chi connectivity index (χ0n) is 14.8. The van der Waals surface area contributed by atoms with E-state index < -0.39 is 40.0 Å². The van der Waals surface area contributed by atoms with E-state index in [1.807, 2.05) is 0 Å². The average Bonchev–Trinajstić information content (AvgIpc) is 2.68. The van der Waals surface area contributed by atoms with E-state index in [4.69, 9.17) is 31.6 Å². The molecule has 4 nitrogen and oxygen atoms in total. The topological polar surface area (TPSA) is 66.0 Å². The Morgan fingerprint density at radius 3 is 1.43 bits per heavy atom. The molecule has 158 valence electrons. The Morgan fingerprint density at radius 1 is 0.767 bits per heavy atom. The van der Waals surface area contributed by atoms with Crippen molar-refractivity contribution in [3.63, 3.8) is 0 Å². The minimum atomic E-state index is -4.75. The lowest BCUT2D eigenvalue weighted by molar-refractivity contribution is -0.138. The van der Waals surface area contributed by atoms with Crippen LogP contribution in [0, 0.1) is 22.7 Å². The van der Waals surface area contributed by atoms with Crippen molar-refractivity contribution in [2.75, 3.05) is 13.2 Å². The second-order valence-corrected chi connectivity index (χ2v) is 6.47. The molecule has 0 saturated carbocycles. The van der Waals surface area contributed by atoms with Gasteiger partial charge < -0.3 is 9.47 Å². The van der Waals surface area contributed by atoms with E-state index in [1.165, 1.54) is 12.1 Å². The number of rotatable bonds is 6. The van der Waals surface area contributed by atoms with Crippen LogP contribution in [-0.4, -0.2) is 18.6 Å². The predicted molar refractivity (Wildman–Crippen MR) is 92.9 cm³/mol. The SMILES string of the molecule is N#Cc1ccc(OCC(Cl)COc2ccc(C#N)c(C(F)(F)F)c2)cc1C(F)(F)F. The molecule has 11 heteroatoms. The van der Waals surface area contributed by atoms with Gasteiger partial charge in [-0.05, 0) is 36.4 Å². The summed E-state index contributed by atoms with van der Waals surface area (Å²) in [6, 6.07) is 8.40. The van der Waals surface area contributed by atoms with Gasteiger partial charge in [0.05, 0.1) is 34.4 Å². The molecule has 0 aliphatic heterocycles. The van der Waals surface area contributed by atoms with E-state index in [0.717, 1.165) is 24.3 Å². The van der Waals surface area contributed by atoms with Gasteiger partial charge in [-0.2, -0.15) is 36.9 Å². The van der Waals surface area contributed by atoms with Gasteiger partial charge in [0.15, 0.2) is 0 Å². The maximum atomic E-state index is 12.9. The minimum Gasteiger partial charge on any atom is -0.492 e. The lowest BCUT2D eigenvalue weighted by Crippen LogP contribution is -2.20. The molecule has 0 heterocycles. The van der Waals surface area contributed by atoms with Crippen molar-refractivity contribution in [1.29, 1.82) is 10.5 Å². The summed E-state index contributed by atoms with van der Waals surface area (Å²) in [7, 11) is 0. The van der Waals surface area contributed by atoms with E-state index in [0.29, 0.717) is 12.1 Å². The second kappa shape index (κ2) is 9.14. The third-order valence-electron chi connectivity index (χ3n) is 3.70. The summed E-state index contributed by atoms with van der Waals surface area (Å²) in [6.07, 6.45) is -9.50. The first-order chi connectivity index (χ1) is 14.0. The van der Waals surface area contributed by atoms with Gasteiger partial charge in [-0.1, -0.05) is 0 Å². The molecule has 0 saturated heterocycles. The molecular weight excluding hydrogens is 438 g/mol. The summed E-state index contributed by atoms with van der Waals surface area (Å²) in [4.78, 5) is 0. The standard InChI is InChI=1S/C19H11ClF6N2O2/c20-13(9-29-14-3-1-11(7-27)16(5-14)18(21,22)23)10-30-15-4-2-12(8-28)17(6-15)19(24,25)26/h1-6,13H,9-10H2. The third-order valence-corrected chi connectivity index (χ3v) is 3.95. The fourth-order valence-electron chi connectivity index (χ4n) is 2.31. The lowest BCUT2D eigenvalue weighted by atomic mass is 10.1. The summed E-state index contributed by atoms with van der Waals surface area (Å²) >= 11 is 5.96. The summed E-state index contributed by atoms with van der Waals surface area (Å²) in [5.74, 6) is -0.380. The summed E-state index contributed by atoms with van der Waals surface area (Å²) < 4.78 is 88.0. The van der Waals surface area contributed by atoms with E-state index >= 15 is 0 Å². The van der Waals surface area contributed by atoms with Gasteiger partial charge >= 0.3 is 12.4 Å². The zero-order valence-corrected chi connectivity index (χ0v) is 15.6. The maximum absolute atomic E-state index is 12.9. The second-order valence-electron chi connectivity index (χ2n) is 5.85. The largest absolute Gasteiger partial charge is 0.492 e. The number of ether oxygens (including phenoxy) is 2. The van der Waals surface area contributed by atoms with E-state index in [1.54, 1.807) is 0 Å². The van der Waals surface area contributed by atoms with Crippen molar-refractivity contribution in [2.45, 2.75) is 17.7 Å². The van der Waals surface area contributed by atoms with Crippen LogP contribution in [0.5, 0.6) is 11.5 Å². The Hall–Kier alpha value is -3.11. The molecule has 30 heavy (non-hydrogen) atoms. The summed E-state index contributed by atoms with van der Waals surface area (Å²) in [5, 5.41) is 16.6. The van der Waals surface area contributed by atoms with Crippen LogP contribution in [0.2, 0.25) is 0 Å². The number of alkyl halides is 7. The monoisotopic (exact) mass is 448 g/mol. The van der Waals surface area contributed by atoms with Crippen LogP contribution in [0.15, 0.2) is 36.4 Å². The first-order valence-corrected chi connectivity index (χ1v) is 8.51. The molecule has 0 N–H and O–H groups in total. The molecule has 0 unspecified atom stereocenters. The Labute approximate surface area is 171 Å². The van der Waals surface area contributed by atoms with Crippen molar-refractivity contribution in [2.24, 2.45) is 0 Å². The normalized spacial score (nSPS) is 11.7. The number of hydrogen-bond acceptors (Lipinski definition) is 4. The Balaban J connectivity index is 2.01. The van der Waals surface area contributed by atoms with Crippen LogP contribution < -0.4 is 9.47 Å². The first-order valence-electron chi connectivity index (χ1n) is 8.08. The van der Waals surface area contributed by atoms with E-state index in [2.05, 4.69) is 0 Å². The number of hydrogen-bond donors (Lipinski definition) is 0. The average molecular weight is 449 g/mol. The van der Waals surface area contributed by atoms with Crippen LogP contribution >= 0.6 is 11.6 Å². The van der Waals surface area contributed by atoms with Crippen molar-refractivity contribution >= 4 is 11.6 Å². The number of nitrogens with zero attached hydrogens (tertiary/aromatic N) is 2. The molecule has 2 rings (SSSR count). The van der Waals surface area contributed by atoms with Crippen LogP contribution in [0.3, 0.4) is 0 Å². The summed E-state index contributed by atoms with van der Waals surface area (Å²) in [5.41, 5.74) is -3.46. The molecule has 0 amide bonds. The number of halogens is 7. The number of nitriles is 2. The van der Waals surface area contributed by atoms with Gasteiger partial charge in [0.2, 0.25) is 0 Å². The van der Waals surface area contributed by atoms with Gasteiger partial charge in [-0.3, -0.25) is 0 Å². The molecule has 0 aliphatic carbocycles. The highest BCUT2D eigenvalue weighted by atomic mass is 35.5. The third kappa shape index (κ3) is 5.94. The van der Waals surface area contributed by atoms with Crippen LogP contribution in [0.1, 0.15) is 22.3 Å². The van der Waals surface area contributed by atoms with Crippen molar-refractivity contribution in [3.8, 4) is 23.6 Å². The molecule has 0 spiro atoms. The first kappa shape index (κ1) is 23.2. The van der Waals surface area contributed by atoms with E-state index in [-0.39, 0.29) is 24.7 Å². The van der Waals surface area contributed by atoms with Gasteiger partial charge in [0.25, 0.3) is 0 Å². The van der Waals surface area contributed by atoms with Gasteiger partial charge in [-0.15, -0.1) is 11.6 Å². The van der Waals surface area contributed by atoms with Gasteiger partial charge in [-0.25, -0.2) is 0 Å². The van der Waals surface area contributed by atoms with E-state index in [9.17, 15) is 26.3 Å². The highest BCUT2D eigenvalue weighted by Gasteiger charge is 2.35. The highest BCUT2D eigenvalue weighted by molar-refractivity contribution is 6.20. The van der Waals surface area contributed by atoms with Crippen molar-refractivity contribution < 1.29 is 35.8 Å². The Morgan fingerprint density at radius 2 is 1.13 bits per heavy atom. The lowest BCUT2D eigenvalue weighted by Gasteiger charge is -2.16. The fraction of sp³-hybridized carbons (Fsp3) is 0.263. The molecule has 0 atom stereocenters.